The van der Waals surface area contributed by atoms with Crippen molar-refractivity contribution in [2.24, 2.45) is 0 Å². The van der Waals surface area contributed by atoms with E-state index < -0.39 is 0 Å². The van der Waals surface area contributed by atoms with Crippen molar-refractivity contribution in [2.45, 2.75) is 36.9 Å². The number of benzene rings is 1. The maximum absolute atomic E-state index is 13.7. The third-order valence-corrected chi connectivity index (χ3v) is 6.15. The van der Waals surface area contributed by atoms with Crippen LogP contribution in [-0.2, 0) is 19.3 Å². The third-order valence-electron chi connectivity index (χ3n) is 3.68. The van der Waals surface area contributed by atoms with E-state index in [2.05, 4.69) is 22.0 Å². The molecule has 1 atom stereocenters. The minimum atomic E-state index is -0.103. The van der Waals surface area contributed by atoms with Gasteiger partial charge in [-0.1, -0.05) is 34.1 Å². The van der Waals surface area contributed by atoms with Gasteiger partial charge in [-0.2, -0.15) is 0 Å². The Morgan fingerprint density at radius 3 is 2.79 bits per heavy atom. The lowest BCUT2D eigenvalue weighted by molar-refractivity contribution is 0.608. The van der Waals surface area contributed by atoms with Crippen LogP contribution < -0.4 is 0 Å². The molecule has 3 heteroatoms. The summed E-state index contributed by atoms with van der Waals surface area (Å²) in [5, 5.41) is 0. The van der Waals surface area contributed by atoms with E-state index in [1.807, 2.05) is 23.5 Å². The van der Waals surface area contributed by atoms with E-state index in [0.717, 1.165) is 5.56 Å². The summed E-state index contributed by atoms with van der Waals surface area (Å²) >= 11 is 5.63. The molecule has 0 nitrogen and oxygen atoms in total. The van der Waals surface area contributed by atoms with Gasteiger partial charge in [0.1, 0.15) is 5.82 Å². The predicted molar refractivity (Wildman–Crippen MR) is 82.7 cm³/mol. The molecule has 0 saturated carbocycles. The molecule has 0 fully saturated rings. The van der Waals surface area contributed by atoms with E-state index in [4.69, 9.17) is 0 Å². The first-order valence-electron chi connectivity index (χ1n) is 6.73. The molecule has 3 rings (SSSR count). The second kappa shape index (κ2) is 5.76. The highest BCUT2D eigenvalue weighted by Crippen LogP contribution is 2.37. The molecule has 1 aromatic carbocycles. The van der Waals surface area contributed by atoms with Crippen LogP contribution in [0.2, 0.25) is 0 Å². The van der Waals surface area contributed by atoms with E-state index in [1.54, 1.807) is 10.9 Å². The summed E-state index contributed by atoms with van der Waals surface area (Å²) in [6.07, 6.45) is 5.77. The molecule has 19 heavy (non-hydrogen) atoms. The Labute approximate surface area is 125 Å². The second-order valence-corrected chi connectivity index (χ2v) is 7.34. The maximum atomic E-state index is 13.7. The Hall–Kier alpha value is -0.670. The van der Waals surface area contributed by atoms with Gasteiger partial charge in [0.05, 0.1) is 4.83 Å². The minimum absolute atomic E-state index is 0.103. The van der Waals surface area contributed by atoms with Crippen molar-refractivity contribution in [1.29, 1.82) is 0 Å². The van der Waals surface area contributed by atoms with Gasteiger partial charge < -0.3 is 0 Å². The summed E-state index contributed by atoms with van der Waals surface area (Å²) in [6.45, 7) is 0. The zero-order chi connectivity index (χ0) is 13.2. The molecule has 1 aromatic heterocycles. The number of halogens is 2. The van der Waals surface area contributed by atoms with Crippen molar-refractivity contribution in [1.82, 2.24) is 0 Å². The van der Waals surface area contributed by atoms with Crippen LogP contribution in [0.15, 0.2) is 30.3 Å². The number of fused-ring (bicyclic) bond motifs is 1. The Bertz CT molecular complexity index is 552. The number of rotatable bonds is 3. The number of alkyl halides is 1. The van der Waals surface area contributed by atoms with Crippen LogP contribution in [0.3, 0.4) is 0 Å². The normalized spacial score (nSPS) is 16.1. The molecule has 2 aromatic rings. The average molecular weight is 339 g/mol. The summed E-state index contributed by atoms with van der Waals surface area (Å²) in [5.74, 6) is -0.103. The molecular weight excluding hydrogens is 323 g/mol. The quantitative estimate of drug-likeness (QED) is 0.653. The van der Waals surface area contributed by atoms with Crippen molar-refractivity contribution < 1.29 is 4.39 Å². The van der Waals surface area contributed by atoms with E-state index in [0.29, 0.717) is 6.42 Å². The van der Waals surface area contributed by atoms with Gasteiger partial charge in [-0.05, 0) is 55.4 Å². The van der Waals surface area contributed by atoms with Crippen LogP contribution in [0.1, 0.15) is 38.6 Å². The molecule has 100 valence electrons. The predicted octanol–water partition coefficient (Wildman–Crippen LogP) is 5.44. The van der Waals surface area contributed by atoms with Gasteiger partial charge >= 0.3 is 0 Å². The summed E-state index contributed by atoms with van der Waals surface area (Å²) in [7, 11) is 0. The first-order chi connectivity index (χ1) is 9.24. The lowest BCUT2D eigenvalue weighted by atomic mass is 9.99. The first-order valence-corrected chi connectivity index (χ1v) is 8.46. The Balaban J connectivity index is 1.79. The van der Waals surface area contributed by atoms with E-state index >= 15 is 0 Å². The summed E-state index contributed by atoms with van der Waals surface area (Å²) in [4.78, 5) is 3.11. The average Bonchev–Trinajstić information content (AvgIpc) is 2.85. The SMILES string of the molecule is Fc1ccccc1CC(Br)c1cc2c(s1)CCCC2. The summed E-state index contributed by atoms with van der Waals surface area (Å²) in [5.41, 5.74) is 2.31. The first kappa shape index (κ1) is 13.3. The zero-order valence-electron chi connectivity index (χ0n) is 10.7. The molecular formula is C16H16BrFS. The molecule has 0 saturated heterocycles. The Morgan fingerprint density at radius 1 is 1.21 bits per heavy atom. The summed E-state index contributed by atoms with van der Waals surface area (Å²) < 4.78 is 13.7. The molecule has 0 radical (unpaired) electrons. The van der Waals surface area contributed by atoms with E-state index in [1.165, 1.54) is 42.2 Å². The van der Waals surface area contributed by atoms with Gasteiger partial charge in [-0.25, -0.2) is 4.39 Å². The van der Waals surface area contributed by atoms with Crippen molar-refractivity contribution in [2.75, 3.05) is 0 Å². The zero-order valence-corrected chi connectivity index (χ0v) is 13.1. The molecule has 0 amide bonds. The highest BCUT2D eigenvalue weighted by molar-refractivity contribution is 9.09. The maximum Gasteiger partial charge on any atom is 0.126 e. The van der Waals surface area contributed by atoms with Gasteiger partial charge in [0.15, 0.2) is 0 Å². The molecule has 1 heterocycles. The standard InChI is InChI=1S/C16H16BrFS/c17-13(9-11-5-1-3-7-14(11)18)16-10-12-6-2-4-8-15(12)19-16/h1,3,5,7,10,13H,2,4,6,8-9H2. The number of thiophene rings is 1. The van der Waals surface area contributed by atoms with Crippen LogP contribution in [0, 0.1) is 5.82 Å². The molecule has 0 bridgehead atoms. The van der Waals surface area contributed by atoms with Crippen molar-refractivity contribution >= 4 is 27.3 Å². The molecule has 1 aliphatic carbocycles. The fourth-order valence-corrected chi connectivity index (χ4v) is 4.62. The monoisotopic (exact) mass is 338 g/mol. The van der Waals surface area contributed by atoms with E-state index in [9.17, 15) is 4.39 Å². The third kappa shape index (κ3) is 2.92. The van der Waals surface area contributed by atoms with E-state index in [-0.39, 0.29) is 10.6 Å². The second-order valence-electron chi connectivity index (χ2n) is 5.07. The van der Waals surface area contributed by atoms with Crippen LogP contribution >= 0.6 is 27.3 Å². The van der Waals surface area contributed by atoms with Gasteiger partial charge in [-0.3, -0.25) is 0 Å². The lowest BCUT2D eigenvalue weighted by Crippen LogP contribution is -1.97. The van der Waals surface area contributed by atoms with Crippen molar-refractivity contribution in [3.05, 3.63) is 57.0 Å². The molecule has 0 aliphatic heterocycles. The number of hydrogen-bond donors (Lipinski definition) is 0. The van der Waals surface area contributed by atoms with Crippen LogP contribution in [0.4, 0.5) is 4.39 Å². The van der Waals surface area contributed by atoms with Crippen LogP contribution in [-0.4, -0.2) is 0 Å². The fraction of sp³-hybridized carbons (Fsp3) is 0.375. The highest BCUT2D eigenvalue weighted by atomic mass is 79.9. The van der Waals surface area contributed by atoms with Gasteiger partial charge in [0, 0.05) is 9.75 Å². The topological polar surface area (TPSA) is 0 Å². The summed E-state index contributed by atoms with van der Waals surface area (Å²) in [6, 6.07) is 9.37. The molecule has 1 aliphatic rings. The fourth-order valence-electron chi connectivity index (χ4n) is 2.63. The van der Waals surface area contributed by atoms with Crippen LogP contribution in [0.25, 0.3) is 0 Å². The molecule has 0 spiro atoms. The molecule has 0 N–H and O–H groups in total. The molecule has 1 unspecified atom stereocenters. The smallest absolute Gasteiger partial charge is 0.126 e. The highest BCUT2D eigenvalue weighted by Gasteiger charge is 2.18. The van der Waals surface area contributed by atoms with Crippen molar-refractivity contribution in [3.63, 3.8) is 0 Å². The van der Waals surface area contributed by atoms with Gasteiger partial charge in [0.2, 0.25) is 0 Å². The van der Waals surface area contributed by atoms with Gasteiger partial charge in [-0.15, -0.1) is 11.3 Å². The Morgan fingerprint density at radius 2 is 2.00 bits per heavy atom. The minimum Gasteiger partial charge on any atom is -0.207 e. The largest absolute Gasteiger partial charge is 0.207 e. The van der Waals surface area contributed by atoms with Crippen LogP contribution in [0.5, 0.6) is 0 Å². The van der Waals surface area contributed by atoms with Gasteiger partial charge in [0.25, 0.3) is 0 Å². The lowest BCUT2D eigenvalue weighted by Gasteiger charge is -2.08. The number of aryl methyl sites for hydroxylation is 2. The number of hydrogen-bond acceptors (Lipinski definition) is 1. The van der Waals surface area contributed by atoms with Crippen molar-refractivity contribution in [3.8, 4) is 0 Å². The Kier molecular flexibility index (Phi) is 4.04.